The van der Waals surface area contributed by atoms with Crippen LogP contribution in [0.3, 0.4) is 0 Å². The van der Waals surface area contributed by atoms with Crippen LogP contribution in [-0.2, 0) is 0 Å². The van der Waals surface area contributed by atoms with Crippen LogP contribution in [-0.4, -0.2) is 50.0 Å². The maximum absolute atomic E-state index is 5.85. The minimum atomic E-state index is 0. The second-order valence-electron chi connectivity index (χ2n) is 8.56. The van der Waals surface area contributed by atoms with Crippen molar-refractivity contribution in [3.8, 4) is 0 Å². The minimum absolute atomic E-state index is 0. The molecule has 0 aliphatic carbocycles. The predicted molar refractivity (Wildman–Crippen MR) is 155 cm³/mol. The lowest BCUT2D eigenvalue weighted by molar-refractivity contribution is 0.601. The van der Waals surface area contributed by atoms with Gasteiger partial charge in [0.05, 0.1) is 0 Å². The quantitative estimate of drug-likeness (QED) is 0.0869. The van der Waals surface area contributed by atoms with E-state index >= 15 is 0 Å². The fourth-order valence-electron chi connectivity index (χ4n) is 3.23. The molecule has 0 heterocycles. The van der Waals surface area contributed by atoms with E-state index in [0.717, 1.165) is 51.6 Å². The van der Waals surface area contributed by atoms with E-state index in [-0.39, 0.29) is 12.4 Å². The molecule has 0 aromatic rings. The second kappa shape index (κ2) is 26.4. The molecule has 11 heteroatoms. The molecule has 0 aromatic carbocycles. The zero-order valence-electron chi connectivity index (χ0n) is 22.2. The highest BCUT2D eigenvalue weighted by Crippen LogP contribution is 2.05. The van der Waals surface area contributed by atoms with Crippen LogP contribution in [0.1, 0.15) is 104 Å². The molecule has 0 spiro atoms. The molecule has 0 fully saturated rings. The smallest absolute Gasteiger partial charge is 0.195 e. The van der Waals surface area contributed by atoms with Gasteiger partial charge in [0, 0.05) is 26.2 Å². The summed E-state index contributed by atoms with van der Waals surface area (Å²) in [5.41, 5.74) is 23.3. The summed E-state index contributed by atoms with van der Waals surface area (Å²) in [6, 6.07) is 0. The van der Waals surface area contributed by atoms with Gasteiger partial charge in [0.2, 0.25) is 0 Å². The SMILES string of the molecule is CCCCCCN=C(N)NC(N)=NCCCCCCCCN=C(N)NC(N)=NCCCCCC.Cl. The monoisotopic (exact) mass is 516 g/mol. The van der Waals surface area contributed by atoms with Gasteiger partial charge in [-0.1, -0.05) is 78.1 Å². The molecular weight excluding hydrogens is 464 g/mol. The number of hydrogen-bond acceptors (Lipinski definition) is 4. The Bertz CT molecular complexity index is 553. The molecule has 0 atom stereocenters. The molecule has 0 aliphatic heterocycles. The van der Waals surface area contributed by atoms with Crippen LogP contribution in [0.4, 0.5) is 0 Å². The Morgan fingerprint density at radius 1 is 0.429 bits per heavy atom. The summed E-state index contributed by atoms with van der Waals surface area (Å²) in [7, 11) is 0. The third-order valence-electron chi connectivity index (χ3n) is 5.23. The molecule has 206 valence electrons. The van der Waals surface area contributed by atoms with Crippen LogP contribution in [0.25, 0.3) is 0 Å². The number of halogens is 1. The van der Waals surface area contributed by atoms with E-state index in [0.29, 0.717) is 36.9 Å². The Hall–Kier alpha value is -2.23. The number of unbranched alkanes of at least 4 members (excludes halogenated alkanes) is 11. The summed E-state index contributed by atoms with van der Waals surface area (Å²) in [6.07, 6.45) is 15.9. The van der Waals surface area contributed by atoms with Crippen molar-refractivity contribution in [2.24, 2.45) is 42.9 Å². The van der Waals surface area contributed by atoms with Crippen molar-refractivity contribution in [3.05, 3.63) is 0 Å². The fourth-order valence-corrected chi connectivity index (χ4v) is 3.23. The average molecular weight is 517 g/mol. The van der Waals surface area contributed by atoms with Gasteiger partial charge in [-0.15, -0.1) is 12.4 Å². The lowest BCUT2D eigenvalue weighted by Crippen LogP contribution is -2.41. The van der Waals surface area contributed by atoms with E-state index in [1.54, 1.807) is 0 Å². The van der Waals surface area contributed by atoms with Gasteiger partial charge in [0.25, 0.3) is 0 Å². The topological polar surface area (TPSA) is 178 Å². The van der Waals surface area contributed by atoms with Gasteiger partial charge in [0.15, 0.2) is 23.8 Å². The molecule has 0 rings (SSSR count). The maximum Gasteiger partial charge on any atom is 0.195 e. The molecule has 0 saturated carbocycles. The Balaban J connectivity index is 0. The molecular formula is C24H53ClN10. The van der Waals surface area contributed by atoms with Crippen LogP contribution in [0.2, 0.25) is 0 Å². The van der Waals surface area contributed by atoms with Crippen molar-refractivity contribution < 1.29 is 0 Å². The third-order valence-corrected chi connectivity index (χ3v) is 5.23. The van der Waals surface area contributed by atoms with Crippen molar-refractivity contribution in [1.29, 1.82) is 0 Å². The van der Waals surface area contributed by atoms with Gasteiger partial charge in [-0.25, -0.2) is 0 Å². The Kier molecular flexibility index (Phi) is 26.3. The molecule has 0 aliphatic rings. The summed E-state index contributed by atoms with van der Waals surface area (Å²) >= 11 is 0. The average Bonchev–Trinajstić information content (AvgIpc) is 2.80. The second-order valence-corrected chi connectivity index (χ2v) is 8.56. The maximum atomic E-state index is 5.85. The lowest BCUT2D eigenvalue weighted by Gasteiger charge is -2.05. The van der Waals surface area contributed by atoms with E-state index < -0.39 is 0 Å². The Morgan fingerprint density at radius 2 is 0.657 bits per heavy atom. The predicted octanol–water partition coefficient (Wildman–Crippen LogP) is 3.35. The number of nitrogens with two attached hydrogens (primary N) is 4. The molecule has 0 amide bonds. The minimum Gasteiger partial charge on any atom is -0.370 e. The zero-order valence-corrected chi connectivity index (χ0v) is 23.1. The first-order chi connectivity index (χ1) is 16.5. The van der Waals surface area contributed by atoms with Crippen molar-refractivity contribution >= 4 is 36.2 Å². The van der Waals surface area contributed by atoms with Gasteiger partial charge in [0.1, 0.15) is 0 Å². The Morgan fingerprint density at radius 3 is 0.914 bits per heavy atom. The van der Waals surface area contributed by atoms with E-state index in [2.05, 4.69) is 44.5 Å². The van der Waals surface area contributed by atoms with Gasteiger partial charge in [-0.3, -0.25) is 30.6 Å². The molecule has 10 N–H and O–H groups in total. The van der Waals surface area contributed by atoms with Gasteiger partial charge in [-0.05, 0) is 25.7 Å². The number of nitrogens with one attached hydrogen (secondary N) is 2. The molecule has 0 radical (unpaired) electrons. The van der Waals surface area contributed by atoms with E-state index in [1.165, 1.54) is 51.4 Å². The number of aliphatic imine (C=N–C) groups is 4. The van der Waals surface area contributed by atoms with Gasteiger partial charge in [-0.2, -0.15) is 0 Å². The third kappa shape index (κ3) is 26.2. The van der Waals surface area contributed by atoms with Crippen molar-refractivity contribution in [2.45, 2.75) is 104 Å². The van der Waals surface area contributed by atoms with E-state index in [4.69, 9.17) is 22.9 Å². The Labute approximate surface area is 219 Å². The first kappa shape index (κ1) is 34.9. The van der Waals surface area contributed by atoms with Crippen molar-refractivity contribution in [3.63, 3.8) is 0 Å². The summed E-state index contributed by atoms with van der Waals surface area (Å²) in [5, 5.41) is 5.69. The molecule has 0 bridgehead atoms. The van der Waals surface area contributed by atoms with Crippen LogP contribution < -0.4 is 33.6 Å². The number of guanidine groups is 4. The van der Waals surface area contributed by atoms with Crippen molar-refractivity contribution in [1.82, 2.24) is 10.6 Å². The van der Waals surface area contributed by atoms with Gasteiger partial charge < -0.3 is 22.9 Å². The highest BCUT2D eigenvalue weighted by atomic mass is 35.5. The normalized spacial score (nSPS) is 13.0. The summed E-state index contributed by atoms with van der Waals surface area (Å²) < 4.78 is 0. The largest absolute Gasteiger partial charge is 0.370 e. The van der Waals surface area contributed by atoms with Crippen LogP contribution >= 0.6 is 12.4 Å². The number of hydrogen-bond donors (Lipinski definition) is 6. The lowest BCUT2D eigenvalue weighted by atomic mass is 10.1. The molecule has 35 heavy (non-hydrogen) atoms. The summed E-state index contributed by atoms with van der Waals surface area (Å²) in [6.45, 7) is 7.21. The van der Waals surface area contributed by atoms with Crippen LogP contribution in [0, 0.1) is 0 Å². The zero-order chi connectivity index (χ0) is 25.3. The number of nitrogens with zero attached hydrogens (tertiary/aromatic N) is 4. The van der Waals surface area contributed by atoms with Crippen molar-refractivity contribution in [2.75, 3.05) is 26.2 Å². The molecule has 0 unspecified atom stereocenters. The standard InChI is InChI=1S/C24H52N10.ClH/c1-3-5-7-13-17-29-21(25)33-23(27)31-19-15-11-9-10-12-16-20-32-24(28)34-22(26)30-18-14-8-6-4-2;/h3-20H2,1-2H3,(H5,25,27,29,31,33)(H5,26,28,30,32,34);1H. The molecule has 10 nitrogen and oxygen atoms in total. The van der Waals surface area contributed by atoms with Gasteiger partial charge >= 0.3 is 0 Å². The fraction of sp³-hybridized carbons (Fsp3) is 0.833. The van der Waals surface area contributed by atoms with Crippen LogP contribution in [0.15, 0.2) is 20.0 Å². The first-order valence-corrected chi connectivity index (χ1v) is 13.2. The van der Waals surface area contributed by atoms with E-state index in [9.17, 15) is 0 Å². The molecule has 0 saturated heterocycles. The highest BCUT2D eigenvalue weighted by molar-refractivity contribution is 5.97. The number of rotatable bonds is 19. The van der Waals surface area contributed by atoms with Crippen LogP contribution in [0.5, 0.6) is 0 Å². The highest BCUT2D eigenvalue weighted by Gasteiger charge is 1.97. The molecule has 0 aromatic heterocycles. The van der Waals surface area contributed by atoms with E-state index in [1.807, 2.05) is 0 Å². The summed E-state index contributed by atoms with van der Waals surface area (Å²) in [4.78, 5) is 17.1. The first-order valence-electron chi connectivity index (χ1n) is 13.2. The summed E-state index contributed by atoms with van der Waals surface area (Å²) in [5.74, 6) is 1.35.